The fraction of sp³-hybridized carbons (Fsp3) is 0.556. The Balaban J connectivity index is 3.59. The molecule has 2 N–H and O–H groups in total. The van der Waals surface area contributed by atoms with Crippen molar-refractivity contribution in [3.05, 3.63) is 24.3 Å². The molecule has 2 heteroatoms. The van der Waals surface area contributed by atoms with E-state index in [1.165, 1.54) is 0 Å². The van der Waals surface area contributed by atoms with E-state index in [0.717, 1.165) is 6.42 Å². The fourth-order valence-electron chi connectivity index (χ4n) is 0.553. The number of hydrogen-bond acceptors (Lipinski definition) is 2. The van der Waals surface area contributed by atoms with Gasteiger partial charge in [-0.25, -0.2) is 0 Å². The van der Waals surface area contributed by atoms with Gasteiger partial charge in [0.1, 0.15) is 0 Å². The molecule has 0 aromatic carbocycles. The minimum absolute atomic E-state index is 0.367. The van der Waals surface area contributed by atoms with Gasteiger partial charge in [-0.05, 0) is 13.3 Å². The Morgan fingerprint density at radius 3 is 2.18 bits per heavy atom. The van der Waals surface area contributed by atoms with Gasteiger partial charge in [0, 0.05) is 0 Å². The maximum Gasteiger partial charge on any atom is 0.0721 e. The molecule has 0 saturated heterocycles. The molecule has 64 valence electrons. The van der Waals surface area contributed by atoms with Gasteiger partial charge in [-0.3, -0.25) is 0 Å². The maximum atomic E-state index is 9.04. The van der Waals surface area contributed by atoms with Crippen LogP contribution in [0.25, 0.3) is 0 Å². The Labute approximate surface area is 67.9 Å². The molecule has 0 rings (SSSR count). The van der Waals surface area contributed by atoms with Crippen LogP contribution >= 0.6 is 0 Å². The average Bonchev–Trinajstić information content (AvgIpc) is 1.97. The zero-order valence-corrected chi connectivity index (χ0v) is 7.07. The molecule has 0 aromatic rings. The third-order valence-corrected chi connectivity index (χ3v) is 1.25. The van der Waals surface area contributed by atoms with Crippen molar-refractivity contribution in [2.24, 2.45) is 0 Å². The molecule has 0 aromatic heterocycles. The first kappa shape index (κ1) is 10.4. The first-order valence-electron chi connectivity index (χ1n) is 3.88. The van der Waals surface area contributed by atoms with Crippen LogP contribution in [0.4, 0.5) is 0 Å². The molecule has 0 heterocycles. The first-order chi connectivity index (χ1) is 5.16. The zero-order valence-electron chi connectivity index (χ0n) is 7.07. The van der Waals surface area contributed by atoms with Crippen LogP contribution < -0.4 is 0 Å². The van der Waals surface area contributed by atoms with Crippen LogP contribution in [-0.4, -0.2) is 22.4 Å². The highest BCUT2D eigenvalue weighted by Gasteiger charge is 1.89. The molecule has 11 heavy (non-hydrogen) atoms. The first-order valence-corrected chi connectivity index (χ1v) is 3.88. The zero-order chi connectivity index (χ0) is 8.69. The van der Waals surface area contributed by atoms with Crippen LogP contribution in [0.5, 0.6) is 0 Å². The summed E-state index contributed by atoms with van der Waals surface area (Å²) in [5.74, 6) is 0. The van der Waals surface area contributed by atoms with E-state index >= 15 is 0 Å². The Kier molecular flexibility index (Phi) is 5.80. The highest BCUT2D eigenvalue weighted by molar-refractivity contribution is 5.05. The molecule has 0 aliphatic rings. The van der Waals surface area contributed by atoms with Crippen molar-refractivity contribution in [3.8, 4) is 0 Å². The topological polar surface area (TPSA) is 40.5 Å². The smallest absolute Gasteiger partial charge is 0.0721 e. The van der Waals surface area contributed by atoms with Crippen LogP contribution in [0, 0.1) is 0 Å². The van der Waals surface area contributed by atoms with Crippen molar-refractivity contribution in [2.75, 3.05) is 0 Å². The lowest BCUT2D eigenvalue weighted by molar-refractivity contribution is 0.219. The molecule has 0 radical (unpaired) electrons. The Hall–Kier alpha value is -0.600. The van der Waals surface area contributed by atoms with Gasteiger partial charge in [-0.15, -0.1) is 0 Å². The lowest BCUT2D eigenvalue weighted by Gasteiger charge is -1.96. The summed E-state index contributed by atoms with van der Waals surface area (Å²) in [5, 5.41) is 17.8. The summed E-state index contributed by atoms with van der Waals surface area (Å²) >= 11 is 0. The van der Waals surface area contributed by atoms with E-state index in [1.807, 2.05) is 6.92 Å². The van der Waals surface area contributed by atoms with Gasteiger partial charge in [0.2, 0.25) is 0 Å². The molecule has 0 fully saturated rings. The largest absolute Gasteiger partial charge is 0.389 e. The lowest BCUT2D eigenvalue weighted by Crippen LogP contribution is -1.97. The standard InChI is InChI=1S/C9H16O2/c1-3-9(11)7-5-4-6-8(2)10/h4-11H,3H2,1-2H3. The van der Waals surface area contributed by atoms with Crippen LogP contribution in [0.15, 0.2) is 24.3 Å². The summed E-state index contributed by atoms with van der Waals surface area (Å²) in [5.41, 5.74) is 0. The van der Waals surface area contributed by atoms with Gasteiger partial charge < -0.3 is 10.2 Å². The van der Waals surface area contributed by atoms with E-state index in [0.29, 0.717) is 0 Å². The van der Waals surface area contributed by atoms with Crippen molar-refractivity contribution in [3.63, 3.8) is 0 Å². The summed E-state index contributed by atoms with van der Waals surface area (Å²) in [6, 6.07) is 0. The number of aliphatic hydroxyl groups excluding tert-OH is 2. The maximum absolute atomic E-state index is 9.04. The monoisotopic (exact) mass is 156 g/mol. The molecule has 0 spiro atoms. The van der Waals surface area contributed by atoms with Crippen LogP contribution in [-0.2, 0) is 0 Å². The number of allylic oxidation sites excluding steroid dienone is 2. The normalized spacial score (nSPS) is 17.8. The lowest BCUT2D eigenvalue weighted by atomic mass is 10.2. The van der Waals surface area contributed by atoms with Crippen LogP contribution in [0.2, 0.25) is 0 Å². The van der Waals surface area contributed by atoms with E-state index in [9.17, 15) is 0 Å². The Morgan fingerprint density at radius 2 is 1.73 bits per heavy atom. The second-order valence-electron chi connectivity index (χ2n) is 2.49. The van der Waals surface area contributed by atoms with E-state index < -0.39 is 6.10 Å². The number of aliphatic hydroxyl groups is 2. The third-order valence-electron chi connectivity index (χ3n) is 1.25. The van der Waals surface area contributed by atoms with Crippen molar-refractivity contribution in [1.82, 2.24) is 0 Å². The molecule has 2 atom stereocenters. The average molecular weight is 156 g/mol. The Bertz CT molecular complexity index is 136. The summed E-state index contributed by atoms with van der Waals surface area (Å²) in [6.07, 6.45) is 6.74. The predicted octanol–water partition coefficient (Wildman–Crippen LogP) is 1.25. The highest BCUT2D eigenvalue weighted by atomic mass is 16.3. The Morgan fingerprint density at radius 1 is 1.18 bits per heavy atom. The molecule has 2 nitrogen and oxygen atoms in total. The van der Waals surface area contributed by atoms with Crippen molar-refractivity contribution in [2.45, 2.75) is 32.5 Å². The molecular weight excluding hydrogens is 140 g/mol. The SMILES string of the molecule is CCC(O)C=CC=CC(C)O. The molecule has 0 aliphatic heterocycles. The van der Waals surface area contributed by atoms with Gasteiger partial charge >= 0.3 is 0 Å². The minimum Gasteiger partial charge on any atom is -0.389 e. The van der Waals surface area contributed by atoms with Gasteiger partial charge in [0.15, 0.2) is 0 Å². The molecule has 0 saturated carbocycles. The fourth-order valence-corrected chi connectivity index (χ4v) is 0.553. The molecule has 0 bridgehead atoms. The molecule has 0 amide bonds. The van der Waals surface area contributed by atoms with Crippen LogP contribution in [0.1, 0.15) is 20.3 Å². The van der Waals surface area contributed by atoms with E-state index in [1.54, 1.807) is 31.2 Å². The van der Waals surface area contributed by atoms with Gasteiger partial charge in [-0.2, -0.15) is 0 Å². The van der Waals surface area contributed by atoms with Gasteiger partial charge in [0.05, 0.1) is 12.2 Å². The minimum atomic E-state index is -0.418. The van der Waals surface area contributed by atoms with E-state index in [-0.39, 0.29) is 6.10 Å². The highest BCUT2D eigenvalue weighted by Crippen LogP contribution is 1.92. The molecule has 0 aliphatic carbocycles. The third kappa shape index (κ3) is 7.30. The molecule has 2 unspecified atom stereocenters. The van der Waals surface area contributed by atoms with Crippen LogP contribution in [0.3, 0.4) is 0 Å². The quantitative estimate of drug-likeness (QED) is 0.601. The second-order valence-corrected chi connectivity index (χ2v) is 2.49. The second kappa shape index (κ2) is 6.13. The van der Waals surface area contributed by atoms with Crippen molar-refractivity contribution in [1.29, 1.82) is 0 Å². The van der Waals surface area contributed by atoms with Crippen molar-refractivity contribution < 1.29 is 10.2 Å². The van der Waals surface area contributed by atoms with E-state index in [2.05, 4.69) is 0 Å². The number of hydrogen-bond donors (Lipinski definition) is 2. The van der Waals surface area contributed by atoms with Gasteiger partial charge in [0.25, 0.3) is 0 Å². The summed E-state index contributed by atoms with van der Waals surface area (Å²) in [4.78, 5) is 0. The number of rotatable bonds is 4. The summed E-state index contributed by atoms with van der Waals surface area (Å²) in [7, 11) is 0. The molecular formula is C9H16O2. The van der Waals surface area contributed by atoms with E-state index in [4.69, 9.17) is 10.2 Å². The van der Waals surface area contributed by atoms with Gasteiger partial charge in [-0.1, -0.05) is 31.2 Å². The predicted molar refractivity (Wildman–Crippen MR) is 46.3 cm³/mol. The summed E-state index contributed by atoms with van der Waals surface area (Å²) in [6.45, 7) is 3.59. The van der Waals surface area contributed by atoms with Crippen molar-refractivity contribution >= 4 is 0 Å². The summed E-state index contributed by atoms with van der Waals surface area (Å²) < 4.78 is 0.